The summed E-state index contributed by atoms with van der Waals surface area (Å²) in [6.07, 6.45) is 4.78. The van der Waals surface area contributed by atoms with Gasteiger partial charge in [0.15, 0.2) is 0 Å². The lowest BCUT2D eigenvalue weighted by molar-refractivity contribution is -0.121. The fourth-order valence-corrected chi connectivity index (χ4v) is 1.93. The first-order chi connectivity index (χ1) is 8.84. The maximum absolute atomic E-state index is 11.6. The smallest absolute Gasteiger partial charge is 0.221 e. The standard InChI is InChI=1S/C12H20N4O2/c17-12(2-4-16-5-7-18-8-6-16)14-3-1-11-9-13-10-15-11/h9-10H,1-8H2,(H,13,15)(H,14,17). The van der Waals surface area contributed by atoms with Crippen molar-refractivity contribution in [2.75, 3.05) is 39.4 Å². The Morgan fingerprint density at radius 2 is 2.33 bits per heavy atom. The van der Waals surface area contributed by atoms with E-state index in [1.165, 1.54) is 0 Å². The summed E-state index contributed by atoms with van der Waals surface area (Å²) in [6.45, 7) is 4.90. The van der Waals surface area contributed by atoms with Crippen LogP contribution in [0.25, 0.3) is 0 Å². The summed E-state index contributed by atoms with van der Waals surface area (Å²) in [5, 5.41) is 2.92. The van der Waals surface area contributed by atoms with Crippen molar-refractivity contribution in [1.29, 1.82) is 0 Å². The van der Waals surface area contributed by atoms with Crippen LogP contribution >= 0.6 is 0 Å². The molecule has 0 spiro atoms. The van der Waals surface area contributed by atoms with Crippen LogP contribution in [-0.4, -0.2) is 60.2 Å². The molecule has 1 aromatic rings. The lowest BCUT2D eigenvalue weighted by Crippen LogP contribution is -2.39. The minimum absolute atomic E-state index is 0.112. The van der Waals surface area contributed by atoms with Crippen LogP contribution in [0.4, 0.5) is 0 Å². The van der Waals surface area contributed by atoms with Crippen LogP contribution in [0.1, 0.15) is 12.1 Å². The van der Waals surface area contributed by atoms with Crippen molar-refractivity contribution < 1.29 is 9.53 Å². The molecule has 6 heteroatoms. The van der Waals surface area contributed by atoms with Gasteiger partial charge in [-0.05, 0) is 0 Å². The molecule has 1 aliphatic rings. The molecule has 1 fully saturated rings. The average Bonchev–Trinajstić information content (AvgIpc) is 2.91. The third-order valence-corrected chi connectivity index (χ3v) is 3.03. The zero-order valence-electron chi connectivity index (χ0n) is 10.5. The number of nitrogens with zero attached hydrogens (tertiary/aromatic N) is 2. The molecule has 0 unspecified atom stereocenters. The molecule has 18 heavy (non-hydrogen) atoms. The normalized spacial score (nSPS) is 16.7. The van der Waals surface area contributed by atoms with Gasteiger partial charge in [-0.15, -0.1) is 0 Å². The minimum Gasteiger partial charge on any atom is -0.379 e. The summed E-state index contributed by atoms with van der Waals surface area (Å²) < 4.78 is 5.26. The van der Waals surface area contributed by atoms with Crippen molar-refractivity contribution in [2.45, 2.75) is 12.8 Å². The molecule has 0 atom stereocenters. The van der Waals surface area contributed by atoms with Gasteiger partial charge in [0.05, 0.1) is 19.5 Å². The third-order valence-electron chi connectivity index (χ3n) is 3.03. The maximum atomic E-state index is 11.6. The Kier molecular flexibility index (Phi) is 5.16. The highest BCUT2D eigenvalue weighted by Crippen LogP contribution is 1.98. The minimum atomic E-state index is 0.112. The molecule has 0 radical (unpaired) electrons. The summed E-state index contributed by atoms with van der Waals surface area (Å²) in [6, 6.07) is 0. The molecule has 0 bridgehead atoms. The van der Waals surface area contributed by atoms with E-state index in [9.17, 15) is 4.79 Å². The number of rotatable bonds is 6. The van der Waals surface area contributed by atoms with Gasteiger partial charge < -0.3 is 15.0 Å². The van der Waals surface area contributed by atoms with Gasteiger partial charge >= 0.3 is 0 Å². The van der Waals surface area contributed by atoms with Crippen LogP contribution in [0.15, 0.2) is 12.5 Å². The SMILES string of the molecule is O=C(CCN1CCOCC1)NCCc1cnc[nH]1. The van der Waals surface area contributed by atoms with E-state index in [1.54, 1.807) is 12.5 Å². The molecule has 6 nitrogen and oxygen atoms in total. The zero-order chi connectivity index (χ0) is 12.6. The molecule has 2 heterocycles. The fourth-order valence-electron chi connectivity index (χ4n) is 1.93. The maximum Gasteiger partial charge on any atom is 0.221 e. The van der Waals surface area contributed by atoms with Gasteiger partial charge in [0.2, 0.25) is 5.91 Å². The number of aromatic nitrogens is 2. The third kappa shape index (κ3) is 4.46. The monoisotopic (exact) mass is 252 g/mol. The largest absolute Gasteiger partial charge is 0.379 e. The molecule has 1 aliphatic heterocycles. The van der Waals surface area contributed by atoms with Crippen molar-refractivity contribution in [3.8, 4) is 0 Å². The number of morpholine rings is 1. The molecule has 0 aliphatic carbocycles. The summed E-state index contributed by atoms with van der Waals surface area (Å²) in [5.41, 5.74) is 1.04. The highest BCUT2D eigenvalue weighted by molar-refractivity contribution is 5.76. The zero-order valence-corrected chi connectivity index (χ0v) is 10.5. The second kappa shape index (κ2) is 7.13. The molecule has 0 saturated carbocycles. The Morgan fingerprint density at radius 3 is 3.06 bits per heavy atom. The number of amides is 1. The molecule has 0 aromatic carbocycles. The molecule has 2 N–H and O–H groups in total. The number of hydrogen-bond donors (Lipinski definition) is 2. The Labute approximate surface area is 107 Å². The Bertz CT molecular complexity index is 347. The van der Waals surface area contributed by atoms with Gasteiger partial charge in [-0.2, -0.15) is 0 Å². The van der Waals surface area contributed by atoms with Crippen molar-refractivity contribution in [3.63, 3.8) is 0 Å². The second-order valence-corrected chi connectivity index (χ2v) is 4.38. The van der Waals surface area contributed by atoms with Crippen LogP contribution < -0.4 is 5.32 Å². The fraction of sp³-hybridized carbons (Fsp3) is 0.667. The number of carbonyl (C=O) groups excluding carboxylic acids is 1. The number of hydrogen-bond acceptors (Lipinski definition) is 4. The average molecular weight is 252 g/mol. The first kappa shape index (κ1) is 13.0. The summed E-state index contributed by atoms with van der Waals surface area (Å²) in [4.78, 5) is 20.8. The number of carbonyl (C=O) groups is 1. The molecule has 100 valence electrons. The first-order valence-electron chi connectivity index (χ1n) is 6.38. The highest BCUT2D eigenvalue weighted by Gasteiger charge is 2.11. The predicted molar refractivity (Wildman–Crippen MR) is 67.2 cm³/mol. The van der Waals surface area contributed by atoms with E-state index in [4.69, 9.17) is 4.74 Å². The van der Waals surface area contributed by atoms with Gasteiger partial charge in [0.1, 0.15) is 0 Å². The number of H-pyrrole nitrogens is 1. The molecular formula is C12H20N4O2. The Hall–Kier alpha value is -1.40. The summed E-state index contributed by atoms with van der Waals surface area (Å²) >= 11 is 0. The van der Waals surface area contributed by atoms with Crippen molar-refractivity contribution >= 4 is 5.91 Å². The van der Waals surface area contributed by atoms with Gasteiger partial charge in [-0.3, -0.25) is 9.69 Å². The van der Waals surface area contributed by atoms with Gasteiger partial charge in [-0.1, -0.05) is 0 Å². The van der Waals surface area contributed by atoms with E-state index in [1.807, 2.05) is 0 Å². The number of ether oxygens (including phenoxy) is 1. The van der Waals surface area contributed by atoms with Crippen molar-refractivity contribution in [1.82, 2.24) is 20.2 Å². The van der Waals surface area contributed by atoms with E-state index in [0.717, 1.165) is 45.0 Å². The summed E-state index contributed by atoms with van der Waals surface area (Å²) in [7, 11) is 0. The van der Waals surface area contributed by atoms with E-state index in [0.29, 0.717) is 13.0 Å². The van der Waals surface area contributed by atoms with Crippen LogP contribution in [-0.2, 0) is 16.0 Å². The summed E-state index contributed by atoms with van der Waals surface area (Å²) in [5.74, 6) is 0.112. The first-order valence-corrected chi connectivity index (χ1v) is 6.38. The molecule has 2 rings (SSSR count). The van der Waals surface area contributed by atoms with Crippen LogP contribution in [0.5, 0.6) is 0 Å². The quantitative estimate of drug-likeness (QED) is 0.735. The van der Waals surface area contributed by atoms with Gasteiger partial charge in [-0.25, -0.2) is 4.98 Å². The number of imidazole rings is 1. The Balaban J connectivity index is 1.54. The van der Waals surface area contributed by atoms with Gasteiger partial charge in [0, 0.05) is 50.9 Å². The predicted octanol–water partition coefficient (Wildman–Crippen LogP) is -0.209. The van der Waals surface area contributed by atoms with E-state index in [2.05, 4.69) is 20.2 Å². The Morgan fingerprint density at radius 1 is 1.50 bits per heavy atom. The topological polar surface area (TPSA) is 70.2 Å². The van der Waals surface area contributed by atoms with Crippen LogP contribution in [0.2, 0.25) is 0 Å². The second-order valence-electron chi connectivity index (χ2n) is 4.38. The van der Waals surface area contributed by atoms with Gasteiger partial charge in [0.25, 0.3) is 0 Å². The lowest BCUT2D eigenvalue weighted by atomic mass is 10.3. The van der Waals surface area contributed by atoms with E-state index in [-0.39, 0.29) is 5.91 Å². The van der Waals surface area contributed by atoms with E-state index >= 15 is 0 Å². The number of nitrogens with one attached hydrogen (secondary N) is 2. The van der Waals surface area contributed by atoms with Crippen LogP contribution in [0, 0.1) is 0 Å². The lowest BCUT2D eigenvalue weighted by Gasteiger charge is -2.26. The van der Waals surface area contributed by atoms with Crippen molar-refractivity contribution in [3.05, 3.63) is 18.2 Å². The van der Waals surface area contributed by atoms with Crippen LogP contribution in [0.3, 0.4) is 0 Å². The highest BCUT2D eigenvalue weighted by atomic mass is 16.5. The molecule has 1 saturated heterocycles. The molecule has 1 aromatic heterocycles. The molecule has 1 amide bonds. The molecular weight excluding hydrogens is 232 g/mol. The number of aromatic amines is 1. The van der Waals surface area contributed by atoms with Crippen molar-refractivity contribution in [2.24, 2.45) is 0 Å². The van der Waals surface area contributed by atoms with E-state index < -0.39 is 0 Å².